The Kier molecular flexibility index (Phi) is 7.72. The van der Waals surface area contributed by atoms with E-state index in [2.05, 4.69) is 14.5 Å². The fourth-order valence-electron chi connectivity index (χ4n) is 1.82. The van der Waals surface area contributed by atoms with Gasteiger partial charge in [0.25, 0.3) is 10.4 Å². The molecule has 26 heavy (non-hydrogen) atoms. The summed E-state index contributed by atoms with van der Waals surface area (Å²) in [6.07, 6.45) is 0. The van der Waals surface area contributed by atoms with Gasteiger partial charge in [0.05, 0.1) is 5.69 Å². The second-order valence-corrected chi connectivity index (χ2v) is 6.07. The van der Waals surface area contributed by atoms with Gasteiger partial charge in [-0.1, -0.05) is 5.22 Å². The van der Waals surface area contributed by atoms with Crippen molar-refractivity contribution in [1.29, 1.82) is 0 Å². The molecule has 0 spiro atoms. The molecule has 0 aliphatic carbocycles. The molecular formula is C15H14N3NaO6S. The quantitative estimate of drug-likeness (QED) is 0.168. The van der Waals surface area contributed by atoms with E-state index in [9.17, 15) is 22.9 Å². The minimum absolute atomic E-state index is 0. The average molecular weight is 387 g/mol. The van der Waals surface area contributed by atoms with Crippen molar-refractivity contribution < 1.29 is 56.6 Å². The Balaban J connectivity index is 0.00000338. The maximum atomic E-state index is 12.4. The van der Waals surface area contributed by atoms with Crippen molar-refractivity contribution in [3.05, 3.63) is 53.6 Å². The first-order valence-corrected chi connectivity index (χ1v) is 8.21. The Labute approximate surface area is 172 Å². The van der Waals surface area contributed by atoms with E-state index in [1.807, 2.05) is 0 Å². The third-order valence-corrected chi connectivity index (χ3v) is 3.27. The Morgan fingerprint density at radius 1 is 1.12 bits per heavy atom. The molecule has 0 aliphatic rings. The predicted molar refractivity (Wildman–Crippen MR) is 86.5 cm³/mol. The number of nitrogens with zero attached hydrogens (tertiary/aromatic N) is 3. The average Bonchev–Trinajstić information content (AvgIpc) is 2.53. The van der Waals surface area contributed by atoms with E-state index >= 15 is 0 Å². The number of phenolic OH excluding ortho intramolecular Hbond substituents is 1. The minimum atomic E-state index is -5.07. The molecule has 11 heteroatoms. The van der Waals surface area contributed by atoms with Gasteiger partial charge in [-0.15, -0.1) is 5.11 Å². The van der Waals surface area contributed by atoms with Crippen molar-refractivity contribution in [1.82, 2.24) is 5.01 Å². The largest absolute Gasteiger partial charge is 1.00 e. The number of rotatable bonds is 6. The van der Waals surface area contributed by atoms with Crippen LogP contribution in [0.5, 0.6) is 11.5 Å². The van der Waals surface area contributed by atoms with Crippen LogP contribution in [0.1, 0.15) is 15.9 Å². The van der Waals surface area contributed by atoms with Crippen molar-refractivity contribution in [3.63, 3.8) is 0 Å². The van der Waals surface area contributed by atoms with Crippen molar-refractivity contribution in [3.8, 4) is 11.5 Å². The molecule has 0 aromatic heterocycles. The summed E-state index contributed by atoms with van der Waals surface area (Å²) in [6.45, 7) is 0. The van der Waals surface area contributed by atoms with Gasteiger partial charge >= 0.3 is 29.6 Å². The van der Waals surface area contributed by atoms with Crippen LogP contribution in [0.25, 0.3) is 0 Å². The molecule has 1 N–H and O–H groups in total. The van der Waals surface area contributed by atoms with Gasteiger partial charge in [-0.25, -0.2) is 8.42 Å². The zero-order valence-corrected chi connectivity index (χ0v) is 17.1. The number of ketones is 1. The van der Waals surface area contributed by atoms with Gasteiger partial charge in [0.1, 0.15) is 0 Å². The van der Waals surface area contributed by atoms with E-state index in [1.54, 1.807) is 26.2 Å². The van der Waals surface area contributed by atoms with E-state index in [0.717, 1.165) is 12.1 Å². The second kappa shape index (κ2) is 9.10. The number of carbonyl (C=O) groups excluding carboxylic acids is 1. The summed E-state index contributed by atoms with van der Waals surface area (Å²) in [5.74, 6) is -1.64. The van der Waals surface area contributed by atoms with E-state index in [1.165, 1.54) is 23.2 Å². The maximum Gasteiger partial charge on any atom is 1.00 e. The van der Waals surface area contributed by atoms with Gasteiger partial charge < -0.3 is 13.8 Å². The van der Waals surface area contributed by atoms with E-state index in [0.29, 0.717) is 11.3 Å². The van der Waals surface area contributed by atoms with Crippen LogP contribution in [0.3, 0.4) is 0 Å². The number of phenols is 1. The molecule has 0 saturated carbocycles. The van der Waals surface area contributed by atoms with Crippen molar-refractivity contribution >= 4 is 21.9 Å². The van der Waals surface area contributed by atoms with E-state index < -0.39 is 27.7 Å². The van der Waals surface area contributed by atoms with Crippen LogP contribution < -0.4 is 33.7 Å². The van der Waals surface area contributed by atoms with Crippen LogP contribution in [0.2, 0.25) is 0 Å². The molecule has 0 heterocycles. The van der Waals surface area contributed by atoms with Crippen LogP contribution in [0.4, 0.5) is 5.69 Å². The predicted octanol–water partition coefficient (Wildman–Crippen LogP) is -0.973. The van der Waals surface area contributed by atoms with Gasteiger partial charge in [-0.3, -0.25) is 9.80 Å². The standard InChI is InChI=1S/C15H15N3O6S.Na/c1-18(2)17-16-12-6-3-10(4-7-12)15(20)11-5-8-13(19)14(9-11)24-25(21,22)23;/h3-9,19H,1-2H3,(H,21,22,23);/q;+1/p-1. The number of hydrogen-bond acceptors (Lipinski definition) is 8. The number of hydrogen-bond donors (Lipinski definition) is 1. The molecule has 0 bridgehead atoms. The first-order chi connectivity index (χ1) is 11.7. The molecule has 0 amide bonds. The number of carbonyl (C=O) groups is 1. The van der Waals surface area contributed by atoms with Crippen LogP contribution in [0.15, 0.2) is 52.8 Å². The molecule has 2 rings (SSSR count). The Morgan fingerprint density at radius 3 is 2.23 bits per heavy atom. The Hall–Kier alpha value is -1.98. The molecule has 0 fully saturated rings. The van der Waals surface area contributed by atoms with Crippen LogP contribution in [0, 0.1) is 0 Å². The van der Waals surface area contributed by atoms with Gasteiger partial charge in [0, 0.05) is 25.2 Å². The molecule has 132 valence electrons. The van der Waals surface area contributed by atoms with E-state index in [4.69, 9.17) is 0 Å². The first kappa shape index (κ1) is 22.1. The summed E-state index contributed by atoms with van der Waals surface area (Å²) in [7, 11) is -1.64. The van der Waals surface area contributed by atoms with Crippen molar-refractivity contribution in [2.75, 3.05) is 14.1 Å². The summed E-state index contributed by atoms with van der Waals surface area (Å²) in [6, 6.07) is 9.52. The summed E-state index contributed by atoms with van der Waals surface area (Å²) >= 11 is 0. The summed E-state index contributed by atoms with van der Waals surface area (Å²) < 4.78 is 36.1. The smallest absolute Gasteiger partial charge is 0.716 e. The summed E-state index contributed by atoms with van der Waals surface area (Å²) in [5.41, 5.74) is 0.877. The first-order valence-electron chi connectivity index (χ1n) is 6.88. The zero-order chi connectivity index (χ0) is 18.6. The second-order valence-electron chi connectivity index (χ2n) is 5.09. The Bertz CT molecular complexity index is 913. The van der Waals surface area contributed by atoms with Crippen LogP contribution in [-0.2, 0) is 10.4 Å². The molecule has 0 saturated heterocycles. The number of benzene rings is 2. The van der Waals surface area contributed by atoms with Gasteiger partial charge in [-0.2, -0.15) is 0 Å². The minimum Gasteiger partial charge on any atom is -0.716 e. The molecule has 2 aromatic rings. The van der Waals surface area contributed by atoms with Crippen molar-refractivity contribution in [2.24, 2.45) is 10.3 Å². The summed E-state index contributed by atoms with van der Waals surface area (Å²) in [5, 5.41) is 18.8. The fraction of sp³-hybridized carbons (Fsp3) is 0.133. The van der Waals surface area contributed by atoms with Gasteiger partial charge in [0.15, 0.2) is 17.3 Å². The normalized spacial score (nSPS) is 11.0. The third-order valence-electron chi connectivity index (χ3n) is 2.88. The van der Waals surface area contributed by atoms with Crippen molar-refractivity contribution in [2.45, 2.75) is 0 Å². The zero-order valence-electron chi connectivity index (χ0n) is 14.3. The van der Waals surface area contributed by atoms with Crippen LogP contribution in [-0.4, -0.2) is 43.0 Å². The van der Waals surface area contributed by atoms with Gasteiger partial charge in [0.2, 0.25) is 0 Å². The SMILES string of the molecule is CN(C)N=Nc1ccc(C(=O)c2ccc(O)c(OS(=O)(=O)[O-])c2)cc1.[Na+]. The maximum absolute atomic E-state index is 12.4. The molecular weight excluding hydrogens is 373 g/mol. The number of aromatic hydroxyl groups is 1. The molecule has 2 aromatic carbocycles. The fourth-order valence-corrected chi connectivity index (χ4v) is 2.17. The summed E-state index contributed by atoms with van der Waals surface area (Å²) in [4.78, 5) is 12.4. The molecule has 0 aliphatic heterocycles. The van der Waals surface area contributed by atoms with Crippen LogP contribution >= 0.6 is 0 Å². The molecule has 0 radical (unpaired) electrons. The Morgan fingerprint density at radius 2 is 1.69 bits per heavy atom. The monoisotopic (exact) mass is 387 g/mol. The molecule has 0 atom stereocenters. The molecule has 9 nitrogen and oxygen atoms in total. The van der Waals surface area contributed by atoms with Gasteiger partial charge in [-0.05, 0) is 42.5 Å². The van der Waals surface area contributed by atoms with E-state index in [-0.39, 0.29) is 35.1 Å². The topological polar surface area (TPSA) is 132 Å². The third kappa shape index (κ3) is 6.39. The molecule has 0 unspecified atom stereocenters.